The average Bonchev–Trinajstić information content (AvgIpc) is 3.42. The minimum absolute atomic E-state index is 0.0631. The molecule has 160 valence electrons. The minimum atomic E-state index is -0.845. The molecule has 1 unspecified atom stereocenters. The fourth-order valence-corrected chi connectivity index (χ4v) is 3.62. The van der Waals surface area contributed by atoms with E-state index in [-0.39, 0.29) is 17.5 Å². The van der Waals surface area contributed by atoms with Crippen molar-refractivity contribution in [1.29, 1.82) is 5.26 Å². The maximum absolute atomic E-state index is 12.1. The Bertz CT molecular complexity index is 1090. The highest BCUT2D eigenvalue weighted by Crippen LogP contribution is 2.30. The maximum atomic E-state index is 12.1. The highest BCUT2D eigenvalue weighted by molar-refractivity contribution is 6.30. The number of hydrogen-bond acceptors (Lipinski definition) is 7. The summed E-state index contributed by atoms with van der Waals surface area (Å²) < 4.78 is 16.5. The SMILES string of the molecule is CC(OC(=O)OC1CCCCC1)n1nc(C#N)c(-c2ccc(-c3ccc(Cl)cc3)o2)n1. The molecule has 0 amide bonds. The lowest BCUT2D eigenvalue weighted by Crippen LogP contribution is -2.24. The van der Waals surface area contributed by atoms with E-state index in [1.807, 2.05) is 18.2 Å². The third-order valence-corrected chi connectivity index (χ3v) is 5.36. The van der Waals surface area contributed by atoms with Gasteiger partial charge >= 0.3 is 6.16 Å². The van der Waals surface area contributed by atoms with Crippen LogP contribution in [0.5, 0.6) is 0 Å². The first-order valence-corrected chi connectivity index (χ1v) is 10.5. The molecule has 8 nitrogen and oxygen atoms in total. The molecule has 1 fully saturated rings. The first-order chi connectivity index (χ1) is 15.0. The number of furan rings is 1. The van der Waals surface area contributed by atoms with Crippen LogP contribution < -0.4 is 0 Å². The summed E-state index contributed by atoms with van der Waals surface area (Å²) in [6.07, 6.45) is 3.23. The van der Waals surface area contributed by atoms with E-state index in [9.17, 15) is 10.1 Å². The van der Waals surface area contributed by atoms with Crippen LogP contribution in [0.2, 0.25) is 5.02 Å². The number of rotatable bonds is 5. The molecule has 9 heteroatoms. The van der Waals surface area contributed by atoms with Crippen LogP contribution in [-0.4, -0.2) is 27.3 Å². The molecule has 2 heterocycles. The van der Waals surface area contributed by atoms with Crippen molar-refractivity contribution in [3.8, 4) is 28.8 Å². The first-order valence-electron chi connectivity index (χ1n) is 10.1. The van der Waals surface area contributed by atoms with Gasteiger partial charge in [-0.2, -0.15) is 5.26 Å². The van der Waals surface area contributed by atoms with Gasteiger partial charge in [-0.15, -0.1) is 15.0 Å². The predicted molar refractivity (Wildman–Crippen MR) is 112 cm³/mol. The number of nitriles is 1. The molecule has 0 aliphatic heterocycles. The summed E-state index contributed by atoms with van der Waals surface area (Å²) in [5, 5.41) is 18.5. The molecule has 31 heavy (non-hydrogen) atoms. The van der Waals surface area contributed by atoms with Crippen LogP contribution >= 0.6 is 11.6 Å². The summed E-state index contributed by atoms with van der Waals surface area (Å²) in [7, 11) is 0. The fourth-order valence-electron chi connectivity index (χ4n) is 3.49. The molecule has 1 aliphatic carbocycles. The number of benzene rings is 1. The number of aromatic nitrogens is 3. The number of carbonyl (C=O) groups excluding carboxylic acids is 1. The van der Waals surface area contributed by atoms with E-state index in [4.69, 9.17) is 25.5 Å². The quantitative estimate of drug-likeness (QED) is 0.466. The third kappa shape index (κ3) is 4.89. The Balaban J connectivity index is 1.48. The molecule has 0 saturated heterocycles. The van der Waals surface area contributed by atoms with Crippen LogP contribution in [0.3, 0.4) is 0 Å². The van der Waals surface area contributed by atoms with E-state index in [0.717, 1.165) is 37.7 Å². The molecule has 2 aromatic heterocycles. The van der Waals surface area contributed by atoms with Crippen molar-refractivity contribution in [2.24, 2.45) is 0 Å². The van der Waals surface area contributed by atoms with Crippen molar-refractivity contribution in [2.45, 2.75) is 51.4 Å². The Morgan fingerprint density at radius 3 is 2.58 bits per heavy atom. The number of ether oxygens (including phenoxy) is 2. The summed E-state index contributed by atoms with van der Waals surface area (Å²) >= 11 is 5.93. The summed E-state index contributed by atoms with van der Waals surface area (Å²) in [5.41, 5.74) is 1.16. The first kappa shape index (κ1) is 20.9. The van der Waals surface area contributed by atoms with Gasteiger partial charge in [0, 0.05) is 10.6 Å². The highest BCUT2D eigenvalue weighted by Gasteiger charge is 2.24. The molecular weight excluding hydrogens is 420 g/mol. The van der Waals surface area contributed by atoms with Crippen LogP contribution in [0.1, 0.15) is 50.9 Å². The van der Waals surface area contributed by atoms with Crippen molar-refractivity contribution in [2.75, 3.05) is 0 Å². The summed E-state index contributed by atoms with van der Waals surface area (Å²) in [6.45, 7) is 1.61. The molecule has 0 N–H and O–H groups in total. The van der Waals surface area contributed by atoms with Gasteiger partial charge < -0.3 is 13.9 Å². The van der Waals surface area contributed by atoms with Crippen molar-refractivity contribution >= 4 is 17.8 Å². The minimum Gasteiger partial charge on any atom is -0.454 e. The molecule has 1 aliphatic rings. The van der Waals surface area contributed by atoms with Gasteiger partial charge in [0.2, 0.25) is 6.23 Å². The van der Waals surface area contributed by atoms with Crippen molar-refractivity contribution in [1.82, 2.24) is 15.0 Å². The number of halogens is 1. The van der Waals surface area contributed by atoms with Crippen molar-refractivity contribution < 1.29 is 18.7 Å². The van der Waals surface area contributed by atoms with Gasteiger partial charge in [-0.3, -0.25) is 0 Å². The molecule has 1 aromatic carbocycles. The van der Waals surface area contributed by atoms with Crippen molar-refractivity contribution in [3.05, 3.63) is 47.1 Å². The second-order valence-electron chi connectivity index (χ2n) is 7.35. The van der Waals surface area contributed by atoms with Crippen LogP contribution in [-0.2, 0) is 9.47 Å². The second kappa shape index (κ2) is 9.23. The summed E-state index contributed by atoms with van der Waals surface area (Å²) in [6, 6.07) is 12.7. The van der Waals surface area contributed by atoms with Crippen LogP contribution in [0.25, 0.3) is 22.8 Å². The molecule has 0 radical (unpaired) electrons. The highest BCUT2D eigenvalue weighted by atomic mass is 35.5. The molecular formula is C22H21ClN4O4. The van der Waals surface area contributed by atoms with Gasteiger partial charge in [-0.25, -0.2) is 4.79 Å². The molecule has 3 aromatic rings. The van der Waals surface area contributed by atoms with Crippen molar-refractivity contribution in [3.63, 3.8) is 0 Å². The smallest absolute Gasteiger partial charge is 0.454 e. The van der Waals surface area contributed by atoms with Crippen LogP contribution in [0.4, 0.5) is 4.79 Å². The molecule has 1 saturated carbocycles. The normalized spacial score (nSPS) is 15.3. The average molecular weight is 441 g/mol. The zero-order chi connectivity index (χ0) is 21.8. The fraction of sp³-hybridized carbons (Fsp3) is 0.364. The lowest BCUT2D eigenvalue weighted by Gasteiger charge is -2.22. The molecule has 0 bridgehead atoms. The van der Waals surface area contributed by atoms with Gasteiger partial charge in [-0.1, -0.05) is 18.0 Å². The lowest BCUT2D eigenvalue weighted by atomic mass is 9.98. The monoisotopic (exact) mass is 440 g/mol. The zero-order valence-electron chi connectivity index (χ0n) is 17.0. The summed E-state index contributed by atoms with van der Waals surface area (Å²) in [5.74, 6) is 0.982. The van der Waals surface area contributed by atoms with Gasteiger partial charge in [0.1, 0.15) is 17.9 Å². The molecule has 1 atom stereocenters. The van der Waals surface area contributed by atoms with E-state index in [2.05, 4.69) is 10.2 Å². The van der Waals surface area contributed by atoms with E-state index in [0.29, 0.717) is 16.5 Å². The Morgan fingerprint density at radius 1 is 1.16 bits per heavy atom. The number of carbonyl (C=O) groups is 1. The number of hydrogen-bond donors (Lipinski definition) is 0. The Labute approximate surface area is 184 Å². The topological polar surface area (TPSA) is 103 Å². The van der Waals surface area contributed by atoms with Gasteiger partial charge in [-0.05, 0) is 69.0 Å². The molecule has 4 rings (SSSR count). The van der Waals surface area contributed by atoms with Gasteiger partial charge in [0.05, 0.1) is 0 Å². The zero-order valence-corrected chi connectivity index (χ0v) is 17.7. The van der Waals surface area contributed by atoms with E-state index < -0.39 is 12.4 Å². The van der Waals surface area contributed by atoms with Crippen LogP contribution in [0, 0.1) is 11.3 Å². The largest absolute Gasteiger partial charge is 0.510 e. The Morgan fingerprint density at radius 2 is 1.87 bits per heavy atom. The molecule has 0 spiro atoms. The summed E-state index contributed by atoms with van der Waals surface area (Å²) in [4.78, 5) is 13.3. The Hall–Kier alpha value is -3.31. The maximum Gasteiger partial charge on any atom is 0.510 e. The lowest BCUT2D eigenvalue weighted by molar-refractivity contribution is -0.0326. The third-order valence-electron chi connectivity index (χ3n) is 5.11. The predicted octanol–water partition coefficient (Wildman–Crippen LogP) is 5.73. The van der Waals surface area contributed by atoms with Crippen LogP contribution in [0.15, 0.2) is 40.8 Å². The Kier molecular flexibility index (Phi) is 6.23. The van der Waals surface area contributed by atoms with E-state index >= 15 is 0 Å². The van der Waals surface area contributed by atoms with E-state index in [1.54, 1.807) is 31.2 Å². The van der Waals surface area contributed by atoms with Gasteiger partial charge in [0.15, 0.2) is 17.1 Å². The standard InChI is InChI=1S/C22H21ClN4O4/c1-14(29-22(28)30-17-5-3-2-4-6-17)27-25-18(13-24)21(26-27)20-12-11-19(31-20)15-7-9-16(23)10-8-15/h7-12,14,17H,2-6H2,1H3. The second-order valence-corrected chi connectivity index (χ2v) is 7.78. The van der Waals surface area contributed by atoms with E-state index in [1.165, 1.54) is 4.80 Å². The number of nitrogens with zero attached hydrogens (tertiary/aromatic N) is 4. The van der Waals surface area contributed by atoms with Gasteiger partial charge in [0.25, 0.3) is 0 Å².